The van der Waals surface area contributed by atoms with Crippen molar-refractivity contribution >= 4 is 23.2 Å². The lowest BCUT2D eigenvalue weighted by molar-refractivity contribution is -0.138. The van der Waals surface area contributed by atoms with Crippen LogP contribution in [0.4, 0.5) is 32.0 Å². The number of hydrogen-bond acceptors (Lipinski definition) is 3. The van der Waals surface area contributed by atoms with E-state index >= 15 is 0 Å². The lowest BCUT2D eigenvalue weighted by atomic mass is 9.73. The summed E-state index contributed by atoms with van der Waals surface area (Å²) in [6.07, 6.45) is -11.9. The van der Waals surface area contributed by atoms with Gasteiger partial charge in [0.1, 0.15) is 0 Å². The second-order valence-corrected chi connectivity index (χ2v) is 8.21. The molecule has 32 heavy (non-hydrogen) atoms. The second-order valence-electron chi connectivity index (χ2n) is 7.80. The molecule has 2 N–H and O–H groups in total. The summed E-state index contributed by atoms with van der Waals surface area (Å²) < 4.78 is 84.5. The number of halogens is 7. The van der Waals surface area contributed by atoms with Crippen molar-refractivity contribution in [1.82, 2.24) is 0 Å². The number of ether oxygens (including phenoxy) is 1. The van der Waals surface area contributed by atoms with Gasteiger partial charge in [-0.1, -0.05) is 29.8 Å². The maximum absolute atomic E-state index is 13.2. The molecule has 0 radical (unpaired) electrons. The second kappa shape index (κ2) is 7.93. The molecule has 5 atom stereocenters. The first kappa shape index (κ1) is 22.9. The van der Waals surface area contributed by atoms with Crippen LogP contribution in [0, 0.1) is 5.92 Å². The maximum atomic E-state index is 13.2. The van der Waals surface area contributed by atoms with Gasteiger partial charge in [-0.25, -0.2) is 0 Å². The van der Waals surface area contributed by atoms with E-state index in [0.29, 0.717) is 6.07 Å². The summed E-state index contributed by atoms with van der Waals surface area (Å²) in [7, 11) is 0. The van der Waals surface area contributed by atoms with Crippen molar-refractivity contribution in [3.63, 3.8) is 0 Å². The van der Waals surface area contributed by atoms with Crippen molar-refractivity contribution in [1.29, 1.82) is 0 Å². The number of anilines is 1. The van der Waals surface area contributed by atoms with Crippen molar-refractivity contribution in [2.24, 2.45) is 5.92 Å². The topological polar surface area (TPSA) is 58.6 Å². The Labute approximate surface area is 183 Å². The average Bonchev–Trinajstić information content (AvgIpc) is 3.25. The molecule has 2 bridgehead atoms. The van der Waals surface area contributed by atoms with E-state index in [9.17, 15) is 36.2 Å². The molecule has 2 heterocycles. The van der Waals surface area contributed by atoms with Crippen LogP contribution in [0.3, 0.4) is 0 Å². The quantitative estimate of drug-likeness (QED) is 0.591. The van der Waals surface area contributed by atoms with Gasteiger partial charge >= 0.3 is 12.4 Å². The lowest BCUT2D eigenvalue weighted by Gasteiger charge is -2.30. The minimum Gasteiger partial charge on any atom is -0.390 e. The summed E-state index contributed by atoms with van der Waals surface area (Å²) in [6, 6.07) is 7.24. The van der Waals surface area contributed by atoms with Crippen LogP contribution in [0.1, 0.15) is 29.0 Å². The number of carbonyl (C=O) groups is 1. The van der Waals surface area contributed by atoms with Crippen LogP contribution in [0.5, 0.6) is 0 Å². The first-order valence-electron chi connectivity index (χ1n) is 9.54. The highest BCUT2D eigenvalue weighted by Crippen LogP contribution is 2.50. The predicted octanol–water partition coefficient (Wildman–Crippen LogP) is 5.25. The maximum Gasteiger partial charge on any atom is 0.417 e. The van der Waals surface area contributed by atoms with Crippen molar-refractivity contribution in [3.05, 3.63) is 64.2 Å². The van der Waals surface area contributed by atoms with Crippen LogP contribution in [0.25, 0.3) is 0 Å². The third kappa shape index (κ3) is 4.18. The SMILES string of the molecule is O=C(Nc1ccc(Cl)c(C(F)(F)F)c1)C1C2CC(O)C(O2)C1c1cccc(C(F)(F)F)c1. The molecule has 0 saturated carbocycles. The molecule has 2 saturated heterocycles. The fourth-order valence-corrected chi connectivity index (χ4v) is 4.63. The minimum absolute atomic E-state index is 0.0899. The van der Waals surface area contributed by atoms with Crippen molar-refractivity contribution in [3.8, 4) is 0 Å². The van der Waals surface area contributed by atoms with Crippen molar-refractivity contribution in [2.45, 2.75) is 43.0 Å². The van der Waals surface area contributed by atoms with Crippen molar-refractivity contribution in [2.75, 3.05) is 5.32 Å². The standard InChI is InChI=1S/C21H16ClF6NO3/c22-13-5-4-11(7-12(13)21(26,27)28)29-19(31)17-15-8-14(30)18(32-15)16(17)9-2-1-3-10(6-9)20(23,24)25/h1-7,14-18,30H,8H2,(H,29,31). The zero-order valence-corrected chi connectivity index (χ0v) is 16.8. The number of nitrogens with one attached hydrogen (secondary N) is 1. The van der Waals surface area contributed by atoms with E-state index in [1.807, 2.05) is 0 Å². The molecule has 2 fully saturated rings. The zero-order valence-electron chi connectivity index (χ0n) is 16.0. The molecule has 4 rings (SSSR count). The van der Waals surface area contributed by atoms with Crippen LogP contribution < -0.4 is 5.32 Å². The summed E-state index contributed by atoms with van der Waals surface area (Å²) >= 11 is 5.59. The molecule has 1 amide bonds. The van der Waals surface area contributed by atoms with Gasteiger partial charge in [0.25, 0.3) is 0 Å². The first-order chi connectivity index (χ1) is 14.9. The Morgan fingerprint density at radius 1 is 1.06 bits per heavy atom. The molecule has 2 aliphatic heterocycles. The van der Waals surface area contributed by atoms with E-state index in [2.05, 4.69) is 5.32 Å². The number of alkyl halides is 6. The monoisotopic (exact) mass is 479 g/mol. The Kier molecular flexibility index (Phi) is 5.67. The minimum atomic E-state index is -4.74. The number of aliphatic hydroxyl groups excluding tert-OH is 1. The van der Waals surface area contributed by atoms with E-state index in [1.54, 1.807) is 0 Å². The number of rotatable bonds is 3. The van der Waals surface area contributed by atoms with Crippen LogP contribution in [-0.4, -0.2) is 29.3 Å². The smallest absolute Gasteiger partial charge is 0.390 e. The van der Waals surface area contributed by atoms with Gasteiger partial charge in [-0.3, -0.25) is 4.79 Å². The number of fused-ring (bicyclic) bond motifs is 2. The van der Waals surface area contributed by atoms with Crippen LogP contribution in [-0.2, 0) is 21.9 Å². The van der Waals surface area contributed by atoms with Crippen LogP contribution >= 0.6 is 11.6 Å². The van der Waals surface area contributed by atoms with Gasteiger partial charge in [0.15, 0.2) is 0 Å². The lowest BCUT2D eigenvalue weighted by Crippen LogP contribution is -2.41. The molecule has 172 valence electrons. The van der Waals surface area contributed by atoms with Gasteiger partial charge < -0.3 is 15.2 Å². The van der Waals surface area contributed by atoms with Gasteiger partial charge in [0.05, 0.1) is 40.4 Å². The van der Waals surface area contributed by atoms with Gasteiger partial charge in [0, 0.05) is 18.0 Å². The molecule has 0 aromatic heterocycles. The number of amides is 1. The van der Waals surface area contributed by atoms with E-state index in [4.69, 9.17) is 16.3 Å². The number of aliphatic hydroxyl groups is 1. The van der Waals surface area contributed by atoms with E-state index < -0.39 is 64.6 Å². The van der Waals surface area contributed by atoms with E-state index in [0.717, 1.165) is 18.2 Å². The number of carbonyl (C=O) groups excluding carboxylic acids is 1. The van der Waals surface area contributed by atoms with Gasteiger partial charge in [-0.05, 0) is 29.8 Å². The Morgan fingerprint density at radius 3 is 2.44 bits per heavy atom. The summed E-state index contributed by atoms with van der Waals surface area (Å²) in [5.41, 5.74) is -2.07. The summed E-state index contributed by atoms with van der Waals surface area (Å²) in [5.74, 6) is -2.63. The van der Waals surface area contributed by atoms with E-state index in [-0.39, 0.29) is 17.7 Å². The molecule has 2 aliphatic rings. The molecule has 2 aromatic rings. The molecule has 4 nitrogen and oxygen atoms in total. The Bertz CT molecular complexity index is 1040. The third-order valence-electron chi connectivity index (χ3n) is 5.77. The highest BCUT2D eigenvalue weighted by Gasteiger charge is 2.57. The fraction of sp³-hybridized carbons (Fsp3) is 0.381. The van der Waals surface area contributed by atoms with Crippen molar-refractivity contribution < 1.29 is 41.0 Å². The number of benzene rings is 2. The highest BCUT2D eigenvalue weighted by molar-refractivity contribution is 6.31. The zero-order chi connectivity index (χ0) is 23.4. The highest BCUT2D eigenvalue weighted by atomic mass is 35.5. The Balaban J connectivity index is 1.65. The van der Waals surface area contributed by atoms with Gasteiger partial charge in [-0.15, -0.1) is 0 Å². The molecule has 11 heteroatoms. The Morgan fingerprint density at radius 2 is 1.78 bits per heavy atom. The Hall–Kier alpha value is -2.30. The molecule has 5 unspecified atom stereocenters. The van der Waals surface area contributed by atoms with Crippen LogP contribution in [0.2, 0.25) is 5.02 Å². The summed E-state index contributed by atoms with van der Waals surface area (Å²) in [5, 5.41) is 12.1. The molecular weight excluding hydrogens is 464 g/mol. The molecular formula is C21H16ClF6NO3. The average molecular weight is 480 g/mol. The molecule has 0 spiro atoms. The summed E-state index contributed by atoms with van der Waals surface area (Å²) in [4.78, 5) is 13.0. The predicted molar refractivity (Wildman–Crippen MR) is 102 cm³/mol. The van der Waals surface area contributed by atoms with E-state index in [1.165, 1.54) is 18.2 Å². The molecule has 0 aliphatic carbocycles. The van der Waals surface area contributed by atoms with Crippen LogP contribution in [0.15, 0.2) is 42.5 Å². The molecule has 2 aromatic carbocycles. The van der Waals surface area contributed by atoms with Gasteiger partial charge in [-0.2, -0.15) is 26.3 Å². The normalized spacial score (nSPS) is 27.6. The fourth-order valence-electron chi connectivity index (χ4n) is 4.41. The third-order valence-corrected chi connectivity index (χ3v) is 6.10. The summed E-state index contributed by atoms with van der Waals surface area (Å²) in [6.45, 7) is 0. The van der Waals surface area contributed by atoms with Gasteiger partial charge in [0.2, 0.25) is 5.91 Å². The first-order valence-corrected chi connectivity index (χ1v) is 9.92. The largest absolute Gasteiger partial charge is 0.417 e. The number of hydrogen-bond donors (Lipinski definition) is 2.